The van der Waals surface area contributed by atoms with E-state index in [1.165, 1.54) is 77.9 Å². The van der Waals surface area contributed by atoms with Crippen molar-refractivity contribution >= 4 is 17.1 Å². The van der Waals surface area contributed by atoms with Crippen LogP contribution in [0.1, 0.15) is 22.3 Å². The van der Waals surface area contributed by atoms with Gasteiger partial charge < -0.3 is 4.90 Å². The van der Waals surface area contributed by atoms with Crippen LogP contribution in [0.15, 0.2) is 224 Å². The second kappa shape index (κ2) is 13.0. The first kappa shape index (κ1) is 32.2. The highest BCUT2D eigenvalue weighted by molar-refractivity contribution is 5.98. The first-order chi connectivity index (χ1) is 27.8. The molecule has 0 unspecified atom stereocenters. The lowest BCUT2D eigenvalue weighted by Crippen LogP contribution is -2.29. The van der Waals surface area contributed by atoms with Crippen LogP contribution < -0.4 is 4.90 Å². The molecule has 1 heteroatoms. The standard InChI is InChI=1S/C55H37N/c1-3-16-38(17-4-1)40-30-32-42(33-31-40)56(43-21-15-20-41(36-43)39-18-5-2-6-19-39)44-34-35-50-49-26-11-14-29-53(49)55(54(50)37-44)51-27-12-9-24-47(51)45-22-7-8-23-46(45)48-25-10-13-28-52(48)55/h1-37H. The summed E-state index contributed by atoms with van der Waals surface area (Å²) in [5.41, 5.74) is 20.5. The maximum Gasteiger partial charge on any atom is 0.0726 e. The third-order valence-electron chi connectivity index (χ3n) is 11.9. The summed E-state index contributed by atoms with van der Waals surface area (Å²) < 4.78 is 0. The molecule has 0 bridgehead atoms. The maximum absolute atomic E-state index is 2.49. The Morgan fingerprint density at radius 2 is 0.625 bits per heavy atom. The minimum Gasteiger partial charge on any atom is -0.310 e. The van der Waals surface area contributed by atoms with Crippen LogP contribution in [-0.4, -0.2) is 0 Å². The van der Waals surface area contributed by atoms with Crippen molar-refractivity contribution in [2.24, 2.45) is 0 Å². The molecule has 11 rings (SSSR count). The van der Waals surface area contributed by atoms with E-state index < -0.39 is 5.41 Å². The molecule has 1 spiro atoms. The third-order valence-corrected chi connectivity index (χ3v) is 11.9. The fourth-order valence-electron chi connectivity index (χ4n) is 9.51. The van der Waals surface area contributed by atoms with Crippen LogP contribution in [0.3, 0.4) is 0 Å². The molecule has 56 heavy (non-hydrogen) atoms. The smallest absolute Gasteiger partial charge is 0.0726 e. The molecule has 0 saturated heterocycles. The minimum atomic E-state index is -0.553. The van der Waals surface area contributed by atoms with Crippen LogP contribution in [0, 0.1) is 0 Å². The number of nitrogens with zero attached hydrogens (tertiary/aromatic N) is 1. The molecule has 9 aromatic rings. The van der Waals surface area contributed by atoms with Crippen molar-refractivity contribution in [1.82, 2.24) is 0 Å². The molecule has 2 aliphatic carbocycles. The molecule has 262 valence electrons. The Bertz CT molecular complexity index is 2840. The van der Waals surface area contributed by atoms with Gasteiger partial charge >= 0.3 is 0 Å². The summed E-state index contributed by atoms with van der Waals surface area (Å²) in [6.45, 7) is 0. The summed E-state index contributed by atoms with van der Waals surface area (Å²) in [6.07, 6.45) is 0. The number of hydrogen-bond acceptors (Lipinski definition) is 1. The van der Waals surface area contributed by atoms with Crippen LogP contribution in [0.5, 0.6) is 0 Å². The quantitative estimate of drug-likeness (QED) is 0.172. The Morgan fingerprint density at radius 1 is 0.232 bits per heavy atom. The highest BCUT2D eigenvalue weighted by atomic mass is 15.1. The van der Waals surface area contributed by atoms with E-state index >= 15 is 0 Å². The van der Waals surface area contributed by atoms with Crippen molar-refractivity contribution in [2.75, 3.05) is 4.90 Å². The summed E-state index contributed by atoms with van der Waals surface area (Å²) in [5.74, 6) is 0. The van der Waals surface area contributed by atoms with Gasteiger partial charge in [0.15, 0.2) is 0 Å². The molecule has 0 fully saturated rings. The molecule has 0 aliphatic heterocycles. The Balaban J connectivity index is 1.19. The van der Waals surface area contributed by atoms with Gasteiger partial charge in [0.05, 0.1) is 5.41 Å². The predicted molar refractivity (Wildman–Crippen MR) is 234 cm³/mol. The molecule has 0 saturated carbocycles. The van der Waals surface area contributed by atoms with Gasteiger partial charge in [0.2, 0.25) is 0 Å². The largest absolute Gasteiger partial charge is 0.310 e. The van der Waals surface area contributed by atoms with Crippen LogP contribution in [0.25, 0.3) is 55.6 Å². The van der Waals surface area contributed by atoms with Gasteiger partial charge in [-0.15, -0.1) is 0 Å². The van der Waals surface area contributed by atoms with Crippen molar-refractivity contribution < 1.29 is 0 Å². The highest BCUT2D eigenvalue weighted by Crippen LogP contribution is 2.62. The van der Waals surface area contributed by atoms with Crippen molar-refractivity contribution in [3.05, 3.63) is 247 Å². The van der Waals surface area contributed by atoms with Crippen molar-refractivity contribution in [1.29, 1.82) is 0 Å². The highest BCUT2D eigenvalue weighted by Gasteiger charge is 2.49. The van der Waals surface area contributed by atoms with Gasteiger partial charge in [-0.3, -0.25) is 0 Å². The maximum atomic E-state index is 2.49. The number of hydrogen-bond donors (Lipinski definition) is 0. The summed E-state index contributed by atoms with van der Waals surface area (Å²) in [5, 5.41) is 0. The van der Waals surface area contributed by atoms with Crippen LogP contribution in [0.4, 0.5) is 17.1 Å². The summed E-state index contributed by atoms with van der Waals surface area (Å²) in [7, 11) is 0. The van der Waals surface area contributed by atoms with E-state index in [0.29, 0.717) is 0 Å². The lowest BCUT2D eigenvalue weighted by molar-refractivity contribution is 0.775. The van der Waals surface area contributed by atoms with E-state index in [1.54, 1.807) is 0 Å². The van der Waals surface area contributed by atoms with Gasteiger partial charge in [0.25, 0.3) is 0 Å². The third kappa shape index (κ3) is 4.88. The fraction of sp³-hybridized carbons (Fsp3) is 0.0182. The van der Waals surface area contributed by atoms with Gasteiger partial charge in [-0.25, -0.2) is 0 Å². The van der Waals surface area contributed by atoms with E-state index in [1.807, 2.05) is 0 Å². The average Bonchev–Trinajstić information content (AvgIpc) is 3.51. The van der Waals surface area contributed by atoms with E-state index in [9.17, 15) is 0 Å². The Kier molecular flexibility index (Phi) is 7.47. The lowest BCUT2D eigenvalue weighted by Gasteiger charge is -2.36. The van der Waals surface area contributed by atoms with Gasteiger partial charge in [0, 0.05) is 17.1 Å². The van der Waals surface area contributed by atoms with Crippen molar-refractivity contribution in [2.45, 2.75) is 5.41 Å². The summed E-state index contributed by atoms with van der Waals surface area (Å²) in [4.78, 5) is 2.43. The molecule has 2 aliphatic rings. The Hall–Kier alpha value is -7.22. The van der Waals surface area contributed by atoms with Crippen LogP contribution in [0.2, 0.25) is 0 Å². The summed E-state index contributed by atoms with van der Waals surface area (Å²) in [6, 6.07) is 82.7. The zero-order valence-electron chi connectivity index (χ0n) is 30.8. The first-order valence-electron chi connectivity index (χ1n) is 19.4. The van der Waals surface area contributed by atoms with E-state index in [4.69, 9.17) is 0 Å². The number of rotatable bonds is 5. The molecule has 0 aromatic heterocycles. The molecule has 0 heterocycles. The lowest BCUT2D eigenvalue weighted by atomic mass is 9.66. The second-order valence-electron chi connectivity index (χ2n) is 14.8. The summed E-state index contributed by atoms with van der Waals surface area (Å²) >= 11 is 0. The Morgan fingerprint density at radius 3 is 1.20 bits per heavy atom. The first-order valence-corrected chi connectivity index (χ1v) is 19.4. The molecular formula is C55H37N. The zero-order chi connectivity index (χ0) is 37.1. The topological polar surface area (TPSA) is 3.24 Å². The van der Waals surface area contributed by atoms with Gasteiger partial charge in [-0.2, -0.15) is 0 Å². The average molecular weight is 712 g/mol. The van der Waals surface area contributed by atoms with Crippen LogP contribution in [-0.2, 0) is 5.41 Å². The zero-order valence-corrected chi connectivity index (χ0v) is 30.8. The van der Waals surface area contributed by atoms with Crippen molar-refractivity contribution in [3.8, 4) is 55.6 Å². The predicted octanol–water partition coefficient (Wildman–Crippen LogP) is 14.5. The monoisotopic (exact) mass is 711 g/mol. The van der Waals surface area contributed by atoms with Crippen molar-refractivity contribution in [3.63, 3.8) is 0 Å². The van der Waals surface area contributed by atoms with E-state index in [0.717, 1.165) is 17.1 Å². The van der Waals surface area contributed by atoms with E-state index in [-0.39, 0.29) is 0 Å². The second-order valence-corrected chi connectivity index (χ2v) is 14.8. The molecule has 0 N–H and O–H groups in total. The molecular weight excluding hydrogens is 675 g/mol. The molecule has 0 atom stereocenters. The molecule has 0 radical (unpaired) electrons. The van der Waals surface area contributed by atoms with Gasteiger partial charge in [-0.1, -0.05) is 188 Å². The normalized spacial score (nSPS) is 12.8. The van der Waals surface area contributed by atoms with Gasteiger partial charge in [-0.05, 0) is 114 Å². The molecule has 1 nitrogen and oxygen atoms in total. The molecule has 0 amide bonds. The molecule has 9 aromatic carbocycles. The fourth-order valence-corrected chi connectivity index (χ4v) is 9.51. The van der Waals surface area contributed by atoms with Crippen LogP contribution >= 0.6 is 0 Å². The SMILES string of the molecule is c1ccc(-c2ccc(N(c3cccc(-c4ccccc4)c3)c3ccc4c(c3)C3(c5ccccc5-c5ccccc5-c5ccccc53)c3ccccc3-4)cc2)cc1. The number of benzene rings is 9. The number of fused-ring (bicyclic) bond motifs is 12. The van der Waals surface area contributed by atoms with E-state index in [2.05, 4.69) is 229 Å². The Labute approximate surface area is 328 Å². The number of anilines is 3. The van der Waals surface area contributed by atoms with Gasteiger partial charge in [0.1, 0.15) is 0 Å². The minimum absolute atomic E-state index is 0.553.